The van der Waals surface area contributed by atoms with Crippen LogP contribution < -0.4 is 5.32 Å². The highest BCUT2D eigenvalue weighted by atomic mass is 19.1. The second-order valence-electron chi connectivity index (χ2n) is 7.15. The fraction of sp³-hybridized carbons (Fsp3) is 0.300. The lowest BCUT2D eigenvalue weighted by Gasteiger charge is -2.43. The van der Waals surface area contributed by atoms with Crippen LogP contribution in [0.2, 0.25) is 0 Å². The van der Waals surface area contributed by atoms with Crippen LogP contribution in [-0.4, -0.2) is 40.3 Å². The van der Waals surface area contributed by atoms with Gasteiger partial charge in [-0.3, -0.25) is 19.7 Å². The number of hydrogen-bond donors (Lipinski definition) is 1. The van der Waals surface area contributed by atoms with Gasteiger partial charge in [0.05, 0.1) is 4.92 Å². The third-order valence-electron chi connectivity index (χ3n) is 5.03. The first kappa shape index (κ1) is 19.5. The molecule has 2 unspecified atom stereocenters. The summed E-state index contributed by atoms with van der Waals surface area (Å²) in [6.07, 6.45) is 0.248. The number of likely N-dealkylation sites (N-methyl/N-ethyl adjacent to an activating group) is 1. The average molecular weight is 385 g/mol. The molecule has 8 heteroatoms. The smallest absolute Gasteiger partial charge is 0.272 e. The van der Waals surface area contributed by atoms with Crippen molar-refractivity contribution >= 4 is 17.5 Å². The highest BCUT2D eigenvalue weighted by molar-refractivity contribution is 5.99. The van der Waals surface area contributed by atoms with Crippen molar-refractivity contribution in [3.8, 4) is 0 Å². The van der Waals surface area contributed by atoms with Gasteiger partial charge in [-0.1, -0.05) is 30.3 Å². The van der Waals surface area contributed by atoms with E-state index in [0.717, 1.165) is 0 Å². The molecule has 1 heterocycles. The summed E-state index contributed by atoms with van der Waals surface area (Å²) in [6.45, 7) is 1.62. The van der Waals surface area contributed by atoms with Gasteiger partial charge in [-0.05, 0) is 24.6 Å². The largest absolute Gasteiger partial charge is 0.340 e. The summed E-state index contributed by atoms with van der Waals surface area (Å²) in [5.74, 6) is -1.07. The van der Waals surface area contributed by atoms with Crippen LogP contribution >= 0.6 is 0 Å². The summed E-state index contributed by atoms with van der Waals surface area (Å²) in [7, 11) is 1.52. The number of carbonyl (C=O) groups excluding carboxylic acids is 2. The van der Waals surface area contributed by atoms with Crippen LogP contribution in [0.3, 0.4) is 0 Å². The van der Waals surface area contributed by atoms with Crippen LogP contribution in [0.25, 0.3) is 0 Å². The summed E-state index contributed by atoms with van der Waals surface area (Å²) in [5.41, 5.74) is -0.170. The van der Waals surface area contributed by atoms with Crippen molar-refractivity contribution in [1.82, 2.24) is 10.2 Å². The molecule has 0 aliphatic carbocycles. The fourth-order valence-corrected chi connectivity index (χ4v) is 3.55. The molecule has 0 radical (unpaired) electrons. The SMILES string of the molecule is CN1C(=O)C(C)(Cc2ccc(F)cc2)NC(=O)C1Cc1ccccc1[N+](=O)[O-]. The number of nitrogens with zero attached hydrogens (tertiary/aromatic N) is 2. The first-order valence-corrected chi connectivity index (χ1v) is 8.77. The molecule has 2 atom stereocenters. The molecule has 0 spiro atoms. The molecule has 0 bridgehead atoms. The van der Waals surface area contributed by atoms with Gasteiger partial charge in [-0.2, -0.15) is 0 Å². The minimum atomic E-state index is -1.18. The standard InChI is InChI=1S/C20H20FN3O4/c1-20(12-13-7-9-15(21)10-8-13)19(26)23(2)17(18(25)22-20)11-14-5-3-4-6-16(14)24(27)28/h3-10,17H,11-12H2,1-2H3,(H,22,25). The highest BCUT2D eigenvalue weighted by Crippen LogP contribution is 2.26. The molecule has 2 aromatic rings. The third kappa shape index (κ3) is 3.71. The number of rotatable bonds is 5. The van der Waals surface area contributed by atoms with E-state index < -0.39 is 16.5 Å². The lowest BCUT2D eigenvalue weighted by atomic mass is 9.87. The minimum Gasteiger partial charge on any atom is -0.340 e. The first-order chi connectivity index (χ1) is 13.2. The Morgan fingerprint density at radius 1 is 1.18 bits per heavy atom. The van der Waals surface area contributed by atoms with Crippen molar-refractivity contribution in [2.75, 3.05) is 7.05 Å². The minimum absolute atomic E-state index is 0.0395. The van der Waals surface area contributed by atoms with Crippen LogP contribution in [0.5, 0.6) is 0 Å². The summed E-state index contributed by atoms with van der Waals surface area (Å²) in [5, 5.41) is 14.0. The molecule has 0 aromatic heterocycles. The van der Waals surface area contributed by atoms with Crippen LogP contribution in [-0.2, 0) is 22.4 Å². The Hall–Kier alpha value is -3.29. The number of nitrogens with one attached hydrogen (secondary N) is 1. The van der Waals surface area contributed by atoms with Gasteiger partial charge in [0.15, 0.2) is 0 Å². The number of benzene rings is 2. The Kier molecular flexibility index (Phi) is 5.13. The first-order valence-electron chi connectivity index (χ1n) is 8.77. The number of nitro groups is 1. The molecule has 28 heavy (non-hydrogen) atoms. The van der Waals surface area contributed by atoms with E-state index >= 15 is 0 Å². The van der Waals surface area contributed by atoms with E-state index in [-0.39, 0.29) is 36.2 Å². The van der Waals surface area contributed by atoms with Crippen LogP contribution in [0, 0.1) is 15.9 Å². The van der Waals surface area contributed by atoms with Gasteiger partial charge in [0.25, 0.3) is 5.69 Å². The number of nitro benzene ring substituents is 1. The lowest BCUT2D eigenvalue weighted by Crippen LogP contribution is -2.69. The van der Waals surface area contributed by atoms with Crippen LogP contribution in [0.4, 0.5) is 10.1 Å². The predicted octanol–water partition coefficient (Wildman–Crippen LogP) is 2.23. The van der Waals surface area contributed by atoms with Crippen molar-refractivity contribution < 1.29 is 18.9 Å². The maximum Gasteiger partial charge on any atom is 0.272 e. The Bertz CT molecular complexity index is 931. The summed E-state index contributed by atoms with van der Waals surface area (Å²) >= 11 is 0. The highest BCUT2D eigenvalue weighted by Gasteiger charge is 2.46. The van der Waals surface area contributed by atoms with Gasteiger partial charge in [0.1, 0.15) is 17.4 Å². The maximum absolute atomic E-state index is 13.1. The Morgan fingerprint density at radius 2 is 1.82 bits per heavy atom. The molecule has 7 nitrogen and oxygen atoms in total. The Morgan fingerprint density at radius 3 is 2.46 bits per heavy atom. The van der Waals surface area contributed by atoms with Gasteiger partial charge in [-0.15, -0.1) is 0 Å². The number of carbonyl (C=O) groups is 2. The van der Waals surface area contributed by atoms with E-state index in [1.165, 1.54) is 30.1 Å². The second-order valence-corrected chi connectivity index (χ2v) is 7.15. The molecule has 2 aromatic carbocycles. The number of amides is 2. The van der Waals surface area contributed by atoms with Gasteiger partial charge in [0, 0.05) is 31.5 Å². The maximum atomic E-state index is 13.1. The van der Waals surface area contributed by atoms with Crippen molar-refractivity contribution in [3.63, 3.8) is 0 Å². The van der Waals surface area contributed by atoms with E-state index in [2.05, 4.69) is 5.32 Å². The molecule has 1 aliphatic heterocycles. The van der Waals surface area contributed by atoms with Gasteiger partial charge in [0.2, 0.25) is 11.8 Å². The molecule has 1 fully saturated rings. The molecule has 2 amide bonds. The van der Waals surface area contributed by atoms with Gasteiger partial charge in [-0.25, -0.2) is 4.39 Å². The summed E-state index contributed by atoms with van der Waals surface area (Å²) < 4.78 is 13.1. The summed E-state index contributed by atoms with van der Waals surface area (Å²) in [4.78, 5) is 37.8. The topological polar surface area (TPSA) is 92.6 Å². The zero-order valence-corrected chi connectivity index (χ0v) is 15.5. The average Bonchev–Trinajstić information content (AvgIpc) is 2.65. The molecule has 1 saturated heterocycles. The van der Waals surface area contributed by atoms with Gasteiger partial charge < -0.3 is 10.2 Å². The molecule has 1 N–H and O–H groups in total. The van der Waals surface area contributed by atoms with E-state index in [1.807, 2.05) is 0 Å². The lowest BCUT2D eigenvalue weighted by molar-refractivity contribution is -0.385. The molecule has 3 rings (SSSR count). The molecular formula is C20H20FN3O4. The summed E-state index contributed by atoms with van der Waals surface area (Å²) in [6, 6.07) is 11.0. The zero-order valence-electron chi connectivity index (χ0n) is 15.5. The Labute approximate surface area is 161 Å². The molecule has 146 valence electrons. The monoisotopic (exact) mass is 385 g/mol. The second kappa shape index (κ2) is 7.38. The number of para-hydroxylation sites is 1. The predicted molar refractivity (Wildman–Crippen MR) is 100 cm³/mol. The fourth-order valence-electron chi connectivity index (χ4n) is 3.55. The van der Waals surface area contributed by atoms with E-state index in [4.69, 9.17) is 0 Å². The van der Waals surface area contributed by atoms with E-state index in [0.29, 0.717) is 11.1 Å². The zero-order chi connectivity index (χ0) is 20.5. The van der Waals surface area contributed by atoms with Crippen molar-refractivity contribution in [2.45, 2.75) is 31.3 Å². The van der Waals surface area contributed by atoms with E-state index in [1.54, 1.807) is 37.3 Å². The number of piperazine rings is 1. The van der Waals surface area contributed by atoms with Crippen LogP contribution in [0.15, 0.2) is 48.5 Å². The van der Waals surface area contributed by atoms with Crippen molar-refractivity contribution in [1.29, 1.82) is 0 Å². The van der Waals surface area contributed by atoms with Crippen molar-refractivity contribution in [2.24, 2.45) is 0 Å². The number of hydrogen-bond acceptors (Lipinski definition) is 4. The quantitative estimate of drug-likeness (QED) is 0.631. The molecule has 1 aliphatic rings. The molecule has 0 saturated carbocycles. The van der Waals surface area contributed by atoms with Crippen molar-refractivity contribution in [3.05, 3.63) is 75.6 Å². The van der Waals surface area contributed by atoms with Crippen LogP contribution in [0.1, 0.15) is 18.1 Å². The van der Waals surface area contributed by atoms with E-state index in [9.17, 15) is 24.1 Å². The van der Waals surface area contributed by atoms with Gasteiger partial charge >= 0.3 is 0 Å². The molecular weight excluding hydrogens is 365 g/mol. The normalized spacial score (nSPS) is 22.1. The number of halogens is 1. The Balaban J connectivity index is 1.82. The third-order valence-corrected chi connectivity index (χ3v) is 5.03.